The molecule has 21 heavy (non-hydrogen) atoms. The average Bonchev–Trinajstić information content (AvgIpc) is 2.45. The SMILES string of the molecule is CC(N)c1cccc(SCc2ccc(C(F)(F)F)cc2)c1. The molecule has 0 aliphatic rings. The molecular weight excluding hydrogens is 295 g/mol. The third kappa shape index (κ3) is 4.51. The minimum atomic E-state index is -4.28. The van der Waals surface area contributed by atoms with Gasteiger partial charge in [0.1, 0.15) is 0 Å². The Morgan fingerprint density at radius 1 is 1.10 bits per heavy atom. The zero-order valence-electron chi connectivity index (χ0n) is 11.5. The maximum absolute atomic E-state index is 12.5. The van der Waals surface area contributed by atoms with Crippen LogP contribution in [0.1, 0.15) is 29.7 Å². The van der Waals surface area contributed by atoms with Gasteiger partial charge >= 0.3 is 6.18 Å². The van der Waals surface area contributed by atoms with E-state index in [0.29, 0.717) is 5.75 Å². The maximum atomic E-state index is 12.5. The van der Waals surface area contributed by atoms with Gasteiger partial charge in [0, 0.05) is 16.7 Å². The molecule has 0 aliphatic carbocycles. The molecule has 0 spiro atoms. The number of rotatable bonds is 4. The molecular formula is C16H16F3NS. The first kappa shape index (κ1) is 15.9. The predicted molar refractivity (Wildman–Crippen MR) is 80.0 cm³/mol. The van der Waals surface area contributed by atoms with Gasteiger partial charge in [-0.3, -0.25) is 0 Å². The molecule has 5 heteroatoms. The summed E-state index contributed by atoms with van der Waals surface area (Å²) in [5, 5.41) is 0. The fourth-order valence-electron chi connectivity index (χ4n) is 1.84. The molecule has 2 N–H and O–H groups in total. The number of benzene rings is 2. The molecule has 0 radical (unpaired) electrons. The Labute approximate surface area is 126 Å². The van der Waals surface area contributed by atoms with Crippen molar-refractivity contribution in [3.8, 4) is 0 Å². The van der Waals surface area contributed by atoms with Crippen molar-refractivity contribution >= 4 is 11.8 Å². The summed E-state index contributed by atoms with van der Waals surface area (Å²) in [7, 11) is 0. The molecule has 0 aromatic heterocycles. The quantitative estimate of drug-likeness (QED) is 0.803. The Bertz CT molecular complexity index is 591. The summed E-state index contributed by atoms with van der Waals surface area (Å²) in [5.41, 5.74) is 7.12. The van der Waals surface area contributed by atoms with Gasteiger partial charge in [-0.05, 0) is 42.3 Å². The molecule has 2 aromatic rings. The summed E-state index contributed by atoms with van der Waals surface area (Å²) in [5.74, 6) is 0.626. The van der Waals surface area contributed by atoms with Crippen molar-refractivity contribution in [1.82, 2.24) is 0 Å². The van der Waals surface area contributed by atoms with Crippen molar-refractivity contribution in [2.45, 2.75) is 29.8 Å². The molecule has 0 fully saturated rings. The van der Waals surface area contributed by atoms with Crippen molar-refractivity contribution in [3.05, 3.63) is 65.2 Å². The summed E-state index contributed by atoms with van der Waals surface area (Å²) in [6.07, 6.45) is -4.28. The summed E-state index contributed by atoms with van der Waals surface area (Å²) < 4.78 is 37.4. The zero-order chi connectivity index (χ0) is 15.5. The van der Waals surface area contributed by atoms with Crippen LogP contribution < -0.4 is 5.73 Å². The van der Waals surface area contributed by atoms with Crippen LogP contribution >= 0.6 is 11.8 Å². The molecule has 112 valence electrons. The van der Waals surface area contributed by atoms with E-state index in [4.69, 9.17) is 5.73 Å². The highest BCUT2D eigenvalue weighted by Gasteiger charge is 2.29. The van der Waals surface area contributed by atoms with Gasteiger partial charge in [0.2, 0.25) is 0 Å². The number of hydrogen-bond acceptors (Lipinski definition) is 2. The zero-order valence-corrected chi connectivity index (χ0v) is 12.3. The molecule has 1 atom stereocenters. The Hall–Kier alpha value is -1.46. The van der Waals surface area contributed by atoms with E-state index in [-0.39, 0.29) is 6.04 Å². The lowest BCUT2D eigenvalue weighted by molar-refractivity contribution is -0.137. The van der Waals surface area contributed by atoms with E-state index in [1.54, 1.807) is 11.8 Å². The van der Waals surface area contributed by atoms with Crippen molar-refractivity contribution in [2.24, 2.45) is 5.73 Å². The Balaban J connectivity index is 2.01. The second kappa shape index (κ2) is 6.54. The van der Waals surface area contributed by atoms with E-state index in [0.717, 1.165) is 28.2 Å². The second-order valence-electron chi connectivity index (χ2n) is 4.84. The predicted octanol–water partition coefficient (Wildman–Crippen LogP) is 5.02. The third-order valence-electron chi connectivity index (χ3n) is 3.07. The van der Waals surface area contributed by atoms with Crippen LogP contribution in [0, 0.1) is 0 Å². The smallest absolute Gasteiger partial charge is 0.324 e. The summed E-state index contributed by atoms with van der Waals surface area (Å²) in [6.45, 7) is 1.92. The number of alkyl halides is 3. The fourth-order valence-corrected chi connectivity index (χ4v) is 2.76. The highest BCUT2D eigenvalue weighted by Crippen LogP contribution is 2.30. The second-order valence-corrected chi connectivity index (χ2v) is 5.89. The lowest BCUT2D eigenvalue weighted by Gasteiger charge is -2.09. The number of thioether (sulfide) groups is 1. The maximum Gasteiger partial charge on any atom is 0.416 e. The van der Waals surface area contributed by atoms with Crippen molar-refractivity contribution in [2.75, 3.05) is 0 Å². The first-order chi connectivity index (χ1) is 9.86. The molecule has 0 saturated heterocycles. The van der Waals surface area contributed by atoms with E-state index in [2.05, 4.69) is 0 Å². The summed E-state index contributed by atoms with van der Waals surface area (Å²) >= 11 is 1.58. The molecule has 1 unspecified atom stereocenters. The lowest BCUT2D eigenvalue weighted by atomic mass is 10.1. The van der Waals surface area contributed by atoms with Gasteiger partial charge in [-0.2, -0.15) is 13.2 Å². The van der Waals surface area contributed by atoms with E-state index < -0.39 is 11.7 Å². The minimum Gasteiger partial charge on any atom is -0.324 e. The average molecular weight is 311 g/mol. The van der Waals surface area contributed by atoms with Crippen molar-refractivity contribution in [3.63, 3.8) is 0 Å². The van der Waals surface area contributed by atoms with Gasteiger partial charge in [0.05, 0.1) is 5.56 Å². The number of hydrogen-bond donors (Lipinski definition) is 1. The molecule has 1 nitrogen and oxygen atoms in total. The first-order valence-electron chi connectivity index (χ1n) is 6.51. The van der Waals surface area contributed by atoms with E-state index >= 15 is 0 Å². The molecule has 0 amide bonds. The summed E-state index contributed by atoms with van der Waals surface area (Å²) in [4.78, 5) is 1.06. The van der Waals surface area contributed by atoms with Gasteiger partial charge < -0.3 is 5.73 Å². The van der Waals surface area contributed by atoms with E-state index in [1.807, 2.05) is 31.2 Å². The lowest BCUT2D eigenvalue weighted by Crippen LogP contribution is -2.04. The van der Waals surface area contributed by atoms with E-state index in [9.17, 15) is 13.2 Å². The molecule has 2 aromatic carbocycles. The molecule has 0 aliphatic heterocycles. The Morgan fingerprint density at radius 2 is 1.76 bits per heavy atom. The molecule has 2 rings (SSSR count). The highest BCUT2D eigenvalue weighted by molar-refractivity contribution is 7.98. The van der Waals surface area contributed by atoms with Crippen LogP contribution in [0.15, 0.2) is 53.4 Å². The largest absolute Gasteiger partial charge is 0.416 e. The topological polar surface area (TPSA) is 26.0 Å². The monoisotopic (exact) mass is 311 g/mol. The molecule has 0 bridgehead atoms. The van der Waals surface area contributed by atoms with Crippen LogP contribution in [0.3, 0.4) is 0 Å². The van der Waals surface area contributed by atoms with Gasteiger partial charge in [-0.1, -0.05) is 24.3 Å². The van der Waals surface area contributed by atoms with Crippen LogP contribution in [-0.4, -0.2) is 0 Å². The minimum absolute atomic E-state index is 0.0309. The normalized spacial score (nSPS) is 13.2. The van der Waals surface area contributed by atoms with Gasteiger partial charge in [0.25, 0.3) is 0 Å². The van der Waals surface area contributed by atoms with Gasteiger partial charge in [-0.15, -0.1) is 11.8 Å². The van der Waals surface area contributed by atoms with Crippen molar-refractivity contribution in [1.29, 1.82) is 0 Å². The standard InChI is InChI=1S/C16H16F3NS/c1-11(20)13-3-2-4-15(9-13)21-10-12-5-7-14(8-6-12)16(17,18)19/h2-9,11H,10,20H2,1H3. The molecule has 0 saturated carbocycles. The Morgan fingerprint density at radius 3 is 2.33 bits per heavy atom. The van der Waals surface area contributed by atoms with Gasteiger partial charge in [0.15, 0.2) is 0 Å². The van der Waals surface area contributed by atoms with Crippen LogP contribution in [0.25, 0.3) is 0 Å². The third-order valence-corrected chi connectivity index (χ3v) is 4.14. The highest BCUT2D eigenvalue weighted by atomic mass is 32.2. The summed E-state index contributed by atoms with van der Waals surface area (Å²) in [6, 6.07) is 13.1. The van der Waals surface area contributed by atoms with Crippen LogP contribution in [-0.2, 0) is 11.9 Å². The molecule has 0 heterocycles. The first-order valence-corrected chi connectivity index (χ1v) is 7.49. The number of nitrogens with two attached hydrogens (primary N) is 1. The van der Waals surface area contributed by atoms with E-state index in [1.165, 1.54) is 12.1 Å². The number of halogens is 3. The Kier molecular flexibility index (Phi) is 4.96. The van der Waals surface area contributed by atoms with Crippen LogP contribution in [0.4, 0.5) is 13.2 Å². The fraction of sp³-hybridized carbons (Fsp3) is 0.250. The van der Waals surface area contributed by atoms with Crippen LogP contribution in [0.2, 0.25) is 0 Å². The van der Waals surface area contributed by atoms with Gasteiger partial charge in [-0.25, -0.2) is 0 Å². The van der Waals surface area contributed by atoms with Crippen LogP contribution in [0.5, 0.6) is 0 Å². The van der Waals surface area contributed by atoms with Crippen molar-refractivity contribution < 1.29 is 13.2 Å².